The number of ether oxygens (including phenoxy) is 1. The van der Waals surface area contributed by atoms with Gasteiger partial charge in [0.05, 0.1) is 12.1 Å². The normalized spacial score (nSPS) is 15.1. The van der Waals surface area contributed by atoms with Crippen molar-refractivity contribution >= 4 is 29.1 Å². The van der Waals surface area contributed by atoms with Crippen LogP contribution in [0.5, 0.6) is 5.75 Å². The molecule has 3 nitrogen and oxygen atoms in total. The topological polar surface area (TPSA) is 38.3 Å². The number of benzene rings is 1. The first-order chi connectivity index (χ1) is 8.61. The first-order valence-corrected chi connectivity index (χ1v) is 6.67. The van der Waals surface area contributed by atoms with E-state index in [1.165, 1.54) is 0 Å². The number of methoxy groups -OCH3 is 1. The molecule has 1 aliphatic rings. The summed E-state index contributed by atoms with van der Waals surface area (Å²) in [5, 5.41) is 3.89. The number of hydrogen-bond acceptors (Lipinski definition) is 2. The van der Waals surface area contributed by atoms with Crippen molar-refractivity contribution in [2.24, 2.45) is 5.92 Å². The van der Waals surface area contributed by atoms with Crippen molar-refractivity contribution in [1.82, 2.24) is 5.32 Å². The van der Waals surface area contributed by atoms with E-state index in [2.05, 4.69) is 5.32 Å². The first kappa shape index (κ1) is 13.5. The number of carbonyl (C=O) groups is 1. The lowest BCUT2D eigenvalue weighted by molar-refractivity contribution is -0.127. The SMILES string of the molecule is COc1c(Cl)cc(Cl)cc1CNC(=O)C1CCC1. The van der Waals surface area contributed by atoms with E-state index >= 15 is 0 Å². The van der Waals surface area contributed by atoms with Crippen LogP contribution in [0.25, 0.3) is 0 Å². The van der Waals surface area contributed by atoms with Gasteiger partial charge >= 0.3 is 0 Å². The molecule has 1 amide bonds. The molecule has 0 spiro atoms. The average molecular weight is 288 g/mol. The Labute approximate surface area is 116 Å². The fraction of sp³-hybridized carbons (Fsp3) is 0.462. The predicted molar refractivity (Wildman–Crippen MR) is 72.2 cm³/mol. The molecule has 0 heterocycles. The smallest absolute Gasteiger partial charge is 0.223 e. The van der Waals surface area contributed by atoms with Gasteiger partial charge < -0.3 is 10.1 Å². The van der Waals surface area contributed by atoms with Gasteiger partial charge in [0.25, 0.3) is 0 Å². The second kappa shape index (κ2) is 5.81. The fourth-order valence-electron chi connectivity index (χ4n) is 1.97. The summed E-state index contributed by atoms with van der Waals surface area (Å²) in [5.74, 6) is 0.833. The maximum atomic E-state index is 11.8. The van der Waals surface area contributed by atoms with Gasteiger partial charge in [-0.2, -0.15) is 0 Å². The van der Waals surface area contributed by atoms with Crippen molar-refractivity contribution in [1.29, 1.82) is 0 Å². The molecular weight excluding hydrogens is 273 g/mol. The minimum atomic E-state index is 0.0967. The molecule has 0 aliphatic heterocycles. The van der Waals surface area contributed by atoms with Gasteiger partial charge in [-0.25, -0.2) is 0 Å². The second-order valence-electron chi connectivity index (χ2n) is 4.43. The van der Waals surface area contributed by atoms with Gasteiger partial charge in [-0.15, -0.1) is 0 Å². The zero-order chi connectivity index (χ0) is 13.1. The highest BCUT2D eigenvalue weighted by atomic mass is 35.5. The summed E-state index contributed by atoms with van der Waals surface area (Å²) in [7, 11) is 1.55. The third kappa shape index (κ3) is 2.90. The van der Waals surface area contributed by atoms with E-state index in [1.807, 2.05) is 0 Å². The molecule has 5 heteroatoms. The van der Waals surface area contributed by atoms with E-state index in [4.69, 9.17) is 27.9 Å². The van der Waals surface area contributed by atoms with Gasteiger partial charge in [-0.1, -0.05) is 29.6 Å². The van der Waals surface area contributed by atoms with Crippen molar-refractivity contribution in [3.63, 3.8) is 0 Å². The summed E-state index contributed by atoms with van der Waals surface area (Å²) in [6.07, 6.45) is 3.11. The van der Waals surface area contributed by atoms with Crippen LogP contribution in [-0.2, 0) is 11.3 Å². The van der Waals surface area contributed by atoms with Crippen molar-refractivity contribution in [3.8, 4) is 5.75 Å². The third-order valence-electron chi connectivity index (χ3n) is 3.22. The maximum absolute atomic E-state index is 11.8. The summed E-state index contributed by atoms with van der Waals surface area (Å²) in [6, 6.07) is 3.38. The van der Waals surface area contributed by atoms with Gasteiger partial charge in [0.2, 0.25) is 5.91 Å². The molecule has 1 aliphatic carbocycles. The molecule has 0 saturated heterocycles. The summed E-state index contributed by atoms with van der Waals surface area (Å²) >= 11 is 12.0. The monoisotopic (exact) mass is 287 g/mol. The summed E-state index contributed by atoms with van der Waals surface area (Å²) in [6.45, 7) is 0.388. The number of nitrogens with one attached hydrogen (secondary N) is 1. The Morgan fingerprint density at radius 1 is 1.44 bits per heavy atom. The van der Waals surface area contributed by atoms with Crippen LogP contribution < -0.4 is 10.1 Å². The number of amides is 1. The van der Waals surface area contributed by atoms with Crippen LogP contribution in [0, 0.1) is 5.92 Å². The number of halogens is 2. The first-order valence-electron chi connectivity index (χ1n) is 5.91. The van der Waals surface area contributed by atoms with Gasteiger partial charge in [0.1, 0.15) is 5.75 Å². The van der Waals surface area contributed by atoms with E-state index in [0.29, 0.717) is 22.3 Å². The molecule has 0 radical (unpaired) electrons. The Hall–Kier alpha value is -0.930. The largest absolute Gasteiger partial charge is 0.495 e. The Kier molecular flexibility index (Phi) is 4.36. The molecule has 2 rings (SSSR count). The van der Waals surface area contributed by atoms with E-state index < -0.39 is 0 Å². The average Bonchev–Trinajstić information content (AvgIpc) is 2.23. The molecule has 0 unspecified atom stereocenters. The highest BCUT2D eigenvalue weighted by Crippen LogP contribution is 2.32. The van der Waals surface area contributed by atoms with Crippen molar-refractivity contribution in [3.05, 3.63) is 27.7 Å². The molecule has 18 heavy (non-hydrogen) atoms. The fourth-order valence-corrected chi connectivity index (χ4v) is 2.58. The van der Waals surface area contributed by atoms with Gasteiger partial charge in [0, 0.05) is 23.0 Å². The van der Waals surface area contributed by atoms with E-state index in [-0.39, 0.29) is 11.8 Å². The second-order valence-corrected chi connectivity index (χ2v) is 5.27. The number of rotatable bonds is 4. The molecule has 98 valence electrons. The van der Waals surface area contributed by atoms with Crippen LogP contribution in [-0.4, -0.2) is 13.0 Å². The van der Waals surface area contributed by atoms with Gasteiger partial charge in [-0.05, 0) is 25.0 Å². The zero-order valence-corrected chi connectivity index (χ0v) is 11.6. The summed E-state index contributed by atoms with van der Waals surface area (Å²) < 4.78 is 5.22. The molecule has 1 saturated carbocycles. The minimum Gasteiger partial charge on any atom is -0.495 e. The lowest BCUT2D eigenvalue weighted by atomic mass is 9.85. The minimum absolute atomic E-state index is 0.0967. The quantitative estimate of drug-likeness (QED) is 0.922. The van der Waals surface area contributed by atoms with E-state index in [9.17, 15) is 4.79 Å². The molecule has 0 atom stereocenters. The van der Waals surface area contributed by atoms with Crippen molar-refractivity contribution < 1.29 is 9.53 Å². The molecule has 1 fully saturated rings. The van der Waals surface area contributed by atoms with E-state index in [1.54, 1.807) is 19.2 Å². The lowest BCUT2D eigenvalue weighted by Gasteiger charge is -2.24. The van der Waals surface area contributed by atoms with E-state index in [0.717, 1.165) is 24.8 Å². The zero-order valence-electron chi connectivity index (χ0n) is 10.1. The van der Waals surface area contributed by atoms with Crippen LogP contribution in [0.15, 0.2) is 12.1 Å². The Morgan fingerprint density at radius 2 is 2.17 bits per heavy atom. The lowest BCUT2D eigenvalue weighted by Crippen LogP contribution is -2.34. The number of carbonyl (C=O) groups excluding carboxylic acids is 1. The molecule has 1 N–H and O–H groups in total. The standard InChI is InChI=1S/C13H15Cl2NO2/c1-18-12-9(5-10(14)6-11(12)15)7-16-13(17)8-3-2-4-8/h5-6,8H,2-4,7H2,1H3,(H,16,17). The number of hydrogen-bond donors (Lipinski definition) is 1. The summed E-state index contributed by atoms with van der Waals surface area (Å²) in [4.78, 5) is 11.8. The molecule has 0 aromatic heterocycles. The highest BCUT2D eigenvalue weighted by molar-refractivity contribution is 6.35. The van der Waals surface area contributed by atoms with Gasteiger partial charge in [0.15, 0.2) is 0 Å². The summed E-state index contributed by atoms with van der Waals surface area (Å²) in [5.41, 5.74) is 0.794. The Morgan fingerprint density at radius 3 is 2.72 bits per heavy atom. The maximum Gasteiger partial charge on any atom is 0.223 e. The molecular formula is C13H15Cl2NO2. The predicted octanol–water partition coefficient (Wildman–Crippen LogP) is 3.42. The van der Waals surface area contributed by atoms with Crippen molar-refractivity contribution in [2.75, 3.05) is 7.11 Å². The third-order valence-corrected chi connectivity index (χ3v) is 3.72. The molecule has 1 aromatic carbocycles. The molecule has 0 bridgehead atoms. The van der Waals surface area contributed by atoms with Crippen molar-refractivity contribution in [2.45, 2.75) is 25.8 Å². The highest BCUT2D eigenvalue weighted by Gasteiger charge is 2.25. The van der Waals surface area contributed by atoms with Gasteiger partial charge in [-0.3, -0.25) is 4.79 Å². The van der Waals surface area contributed by atoms with Crippen LogP contribution in [0.1, 0.15) is 24.8 Å². The molecule has 1 aromatic rings. The van der Waals surface area contributed by atoms with Crippen LogP contribution in [0.3, 0.4) is 0 Å². The van der Waals surface area contributed by atoms with Crippen LogP contribution in [0.2, 0.25) is 10.0 Å². The Bertz CT molecular complexity index is 459. The Balaban J connectivity index is 2.05. The van der Waals surface area contributed by atoms with Crippen LogP contribution in [0.4, 0.5) is 0 Å². The van der Waals surface area contributed by atoms with Crippen LogP contribution >= 0.6 is 23.2 Å².